The molecule has 0 aliphatic carbocycles. The van der Waals surface area contributed by atoms with Crippen LogP contribution in [0.4, 0.5) is 4.79 Å². The summed E-state index contributed by atoms with van der Waals surface area (Å²) in [6, 6.07) is 14.4. The zero-order valence-electron chi connectivity index (χ0n) is 10.9. The van der Waals surface area contributed by atoms with Crippen molar-refractivity contribution in [3.05, 3.63) is 48.0 Å². The average molecular weight is 257 g/mol. The van der Waals surface area contributed by atoms with Crippen molar-refractivity contribution in [2.75, 3.05) is 7.11 Å². The molecule has 0 unspecified atom stereocenters. The molecule has 0 saturated heterocycles. The maximum atomic E-state index is 11.5. The number of methoxy groups -OCH3 is 1. The Morgan fingerprint density at radius 2 is 1.89 bits per heavy atom. The van der Waals surface area contributed by atoms with Crippen LogP contribution in [-0.2, 0) is 18.3 Å². The van der Waals surface area contributed by atoms with Gasteiger partial charge in [0.05, 0.1) is 13.7 Å². The number of fused-ring (bicyclic) bond motifs is 1. The smallest absolute Gasteiger partial charge is 0.450 e. The van der Waals surface area contributed by atoms with Gasteiger partial charge in [0.2, 0.25) is 0 Å². The van der Waals surface area contributed by atoms with Gasteiger partial charge < -0.3 is 4.74 Å². The summed E-state index contributed by atoms with van der Waals surface area (Å²) in [5.41, 5.74) is 1.18. The Morgan fingerprint density at radius 1 is 1.16 bits per heavy atom. The number of hydrogen-bond donors (Lipinski definition) is 0. The molecule has 5 nitrogen and oxygen atoms in total. The van der Waals surface area contributed by atoms with E-state index in [2.05, 4.69) is 24.3 Å². The van der Waals surface area contributed by atoms with E-state index in [1.807, 2.05) is 30.0 Å². The van der Waals surface area contributed by atoms with Crippen LogP contribution in [-0.4, -0.2) is 27.6 Å². The van der Waals surface area contributed by atoms with Crippen molar-refractivity contribution in [2.45, 2.75) is 6.54 Å². The lowest BCUT2D eigenvalue weighted by atomic mass is 10.1. The highest BCUT2D eigenvalue weighted by Crippen LogP contribution is 2.20. The molecule has 0 aliphatic heterocycles. The molecule has 0 atom stereocenters. The number of nitrogens with zero attached hydrogens (tertiary/aromatic N) is 3. The lowest BCUT2D eigenvalue weighted by molar-refractivity contribution is 0.170. The van der Waals surface area contributed by atoms with E-state index in [0.717, 1.165) is 0 Å². The van der Waals surface area contributed by atoms with Crippen molar-refractivity contribution in [1.82, 2.24) is 14.4 Å². The number of aromatic nitrogens is 3. The van der Waals surface area contributed by atoms with Crippen molar-refractivity contribution < 1.29 is 9.53 Å². The summed E-state index contributed by atoms with van der Waals surface area (Å²) in [6.45, 7) is 0.646. The van der Waals surface area contributed by atoms with Gasteiger partial charge in [-0.25, -0.2) is 4.79 Å². The zero-order chi connectivity index (χ0) is 13.4. The second-order valence-corrected chi connectivity index (χ2v) is 4.42. The minimum atomic E-state index is -0.372. The maximum Gasteiger partial charge on any atom is 0.451 e. The molecule has 3 rings (SSSR count). The van der Waals surface area contributed by atoms with E-state index in [4.69, 9.17) is 4.74 Å². The molecule has 19 heavy (non-hydrogen) atoms. The van der Waals surface area contributed by atoms with Gasteiger partial charge in [0, 0.05) is 7.05 Å². The number of hydrogen-bond acceptors (Lipinski definition) is 2. The monoisotopic (exact) mass is 257 g/mol. The lowest BCUT2D eigenvalue weighted by Gasteiger charge is -2.03. The van der Waals surface area contributed by atoms with E-state index in [9.17, 15) is 4.79 Å². The predicted molar refractivity (Wildman–Crippen MR) is 72.2 cm³/mol. The van der Waals surface area contributed by atoms with Gasteiger partial charge in [-0.1, -0.05) is 47.3 Å². The van der Waals surface area contributed by atoms with E-state index in [-0.39, 0.29) is 6.09 Å². The van der Waals surface area contributed by atoms with E-state index < -0.39 is 0 Å². The first-order valence-corrected chi connectivity index (χ1v) is 6.08. The summed E-state index contributed by atoms with van der Waals surface area (Å²) in [6.07, 6.45) is -0.372. The summed E-state index contributed by atoms with van der Waals surface area (Å²) < 4.78 is 4.70. The van der Waals surface area contributed by atoms with Gasteiger partial charge in [-0.15, -0.1) is 0 Å². The van der Waals surface area contributed by atoms with Gasteiger partial charge in [-0.05, 0) is 16.3 Å². The lowest BCUT2D eigenvalue weighted by Crippen LogP contribution is -2.09. The minimum absolute atomic E-state index is 0.372. The summed E-state index contributed by atoms with van der Waals surface area (Å²) in [7, 11) is 3.20. The van der Waals surface area contributed by atoms with E-state index >= 15 is 0 Å². The molecular formula is C14H15N3O2. The van der Waals surface area contributed by atoms with Crippen molar-refractivity contribution in [3.63, 3.8) is 0 Å². The molecule has 0 fully saturated rings. The van der Waals surface area contributed by atoms with Gasteiger partial charge in [-0.3, -0.25) is 0 Å². The molecule has 0 radical (unpaired) electrons. The number of carbonyl (C=O) groups is 1. The number of carbonyl (C=O) groups excluding carboxylic acids is 1. The van der Waals surface area contributed by atoms with Crippen LogP contribution < -0.4 is 0 Å². The first-order chi connectivity index (χ1) is 9.22. The van der Waals surface area contributed by atoms with Gasteiger partial charge in [0.25, 0.3) is 0 Å². The normalized spacial score (nSPS) is 11.1. The van der Waals surface area contributed by atoms with Crippen molar-refractivity contribution in [1.29, 1.82) is 0 Å². The van der Waals surface area contributed by atoms with Crippen molar-refractivity contribution in [2.24, 2.45) is 7.05 Å². The summed E-state index contributed by atoms with van der Waals surface area (Å²) in [4.78, 5) is 16.5. The molecule has 1 aromatic heterocycles. The Morgan fingerprint density at radius 3 is 2.68 bits per heavy atom. The largest absolute Gasteiger partial charge is 0.451 e. The van der Waals surface area contributed by atoms with Crippen LogP contribution in [0.15, 0.2) is 42.5 Å². The molecule has 0 spiro atoms. The molecule has 2 aromatic carbocycles. The molecular weight excluding hydrogens is 242 g/mol. The molecule has 3 aromatic rings. The fourth-order valence-corrected chi connectivity index (χ4v) is 2.27. The second kappa shape index (κ2) is 4.35. The number of rotatable bonds is 2. The maximum absolute atomic E-state index is 11.5. The Bertz CT molecular complexity index is 728. The first kappa shape index (κ1) is 11.6. The van der Waals surface area contributed by atoms with E-state index in [1.165, 1.54) is 28.2 Å². The Labute approximate surface area is 110 Å². The average Bonchev–Trinajstić information content (AvgIpc) is 3.08. The van der Waals surface area contributed by atoms with Gasteiger partial charge in [-0.2, -0.15) is 9.59 Å². The van der Waals surface area contributed by atoms with Crippen LogP contribution in [0.2, 0.25) is 0 Å². The molecule has 0 N–H and O–H groups in total. The molecule has 0 bridgehead atoms. The molecule has 98 valence electrons. The SMILES string of the molecule is COC(=O)n1n(C)n1Cc1cccc2ccccc12. The highest BCUT2D eigenvalue weighted by Gasteiger charge is 2.21. The van der Waals surface area contributed by atoms with Crippen LogP contribution in [0.3, 0.4) is 0 Å². The van der Waals surface area contributed by atoms with E-state index in [0.29, 0.717) is 6.54 Å². The van der Waals surface area contributed by atoms with E-state index in [1.54, 1.807) is 4.80 Å². The molecule has 1 heterocycles. The summed E-state index contributed by atoms with van der Waals surface area (Å²) in [5, 5.41) is 2.41. The minimum Gasteiger partial charge on any atom is -0.450 e. The third kappa shape index (κ3) is 1.93. The second-order valence-electron chi connectivity index (χ2n) is 4.42. The Hall–Kier alpha value is -2.43. The Kier molecular flexibility index (Phi) is 2.67. The molecule has 0 amide bonds. The van der Waals surface area contributed by atoms with Crippen LogP contribution in [0, 0.1) is 0 Å². The van der Waals surface area contributed by atoms with Gasteiger partial charge in [0.15, 0.2) is 0 Å². The standard InChI is InChI=1S/C14H15N3O2/c1-15-16(17(15)14(18)19-2)10-12-8-5-7-11-6-3-4-9-13(11)12/h3-9H,10H2,1-2H3. The highest BCUT2D eigenvalue weighted by molar-refractivity contribution is 5.85. The molecule has 0 aliphatic rings. The van der Waals surface area contributed by atoms with Crippen molar-refractivity contribution >= 4 is 16.9 Å². The van der Waals surface area contributed by atoms with Crippen molar-refractivity contribution in [3.8, 4) is 0 Å². The van der Waals surface area contributed by atoms with Crippen LogP contribution in [0.1, 0.15) is 5.56 Å². The van der Waals surface area contributed by atoms with Gasteiger partial charge in [0.1, 0.15) is 0 Å². The third-order valence-corrected chi connectivity index (χ3v) is 3.33. The van der Waals surface area contributed by atoms with Gasteiger partial charge >= 0.3 is 6.09 Å². The number of benzene rings is 2. The topological polar surface area (TPSA) is 41.1 Å². The fraction of sp³-hybridized carbons (Fsp3) is 0.214. The quantitative estimate of drug-likeness (QED) is 0.707. The predicted octanol–water partition coefficient (Wildman–Crippen LogP) is 2.44. The molecule has 5 heteroatoms. The summed E-state index contributed by atoms with van der Waals surface area (Å²) >= 11 is 0. The zero-order valence-corrected chi connectivity index (χ0v) is 10.9. The summed E-state index contributed by atoms with van der Waals surface area (Å²) in [5.74, 6) is 0. The van der Waals surface area contributed by atoms with Crippen LogP contribution >= 0.6 is 0 Å². The Balaban J connectivity index is 1.96. The highest BCUT2D eigenvalue weighted by atomic mass is 16.6. The van der Waals surface area contributed by atoms with Crippen LogP contribution in [0.5, 0.6) is 0 Å². The molecule has 0 saturated carbocycles. The fourth-order valence-electron chi connectivity index (χ4n) is 2.27. The number of ether oxygens (including phenoxy) is 1. The first-order valence-electron chi connectivity index (χ1n) is 6.08. The third-order valence-electron chi connectivity index (χ3n) is 3.33. The van der Waals surface area contributed by atoms with Crippen LogP contribution in [0.25, 0.3) is 10.8 Å².